The van der Waals surface area contributed by atoms with Crippen LogP contribution in [0.4, 0.5) is 0 Å². The molecule has 0 unspecified atom stereocenters. The van der Waals surface area contributed by atoms with Gasteiger partial charge in [-0.2, -0.15) is 0 Å². The van der Waals surface area contributed by atoms with Crippen molar-refractivity contribution < 1.29 is 0 Å². The predicted molar refractivity (Wildman–Crippen MR) is 227 cm³/mol. The van der Waals surface area contributed by atoms with Gasteiger partial charge < -0.3 is 0 Å². The maximum Gasteiger partial charge on any atom is 0.164 e. The quantitative estimate of drug-likeness (QED) is 0.133. The molecule has 0 N–H and O–H groups in total. The molecule has 0 radical (unpaired) electrons. The molecule has 0 spiro atoms. The lowest BCUT2D eigenvalue weighted by Crippen LogP contribution is -2.45. The average Bonchev–Trinajstić information content (AvgIpc) is 3.25. The standard InChI is InChI=1S/C49H43N3Si/c1-4-53(5-2,6-3)44-30-28-35(29-31-44)38-20-12-21-39(32-38)40-22-13-23-41(33-40)42-24-14-25-43(34-42)48-50-47(37-17-8-7-9-18-37)51-49(52-48)46-27-15-19-36-16-10-11-26-45(36)46/h7-34H,4-6H2,1-3H3. The van der Waals surface area contributed by atoms with Gasteiger partial charge >= 0.3 is 0 Å². The first kappa shape index (κ1) is 34.1. The van der Waals surface area contributed by atoms with E-state index in [4.69, 9.17) is 15.0 Å². The van der Waals surface area contributed by atoms with E-state index < -0.39 is 8.07 Å². The molecule has 7 aromatic carbocycles. The first-order chi connectivity index (χ1) is 26.1. The molecule has 3 nitrogen and oxygen atoms in total. The summed E-state index contributed by atoms with van der Waals surface area (Å²) >= 11 is 0. The summed E-state index contributed by atoms with van der Waals surface area (Å²) in [5.74, 6) is 1.97. The molecule has 1 heterocycles. The molecule has 0 atom stereocenters. The highest BCUT2D eigenvalue weighted by molar-refractivity contribution is 6.91. The van der Waals surface area contributed by atoms with Gasteiger partial charge in [0.1, 0.15) is 0 Å². The van der Waals surface area contributed by atoms with Gasteiger partial charge in [0, 0.05) is 16.7 Å². The van der Waals surface area contributed by atoms with E-state index in [1.807, 2.05) is 18.2 Å². The monoisotopic (exact) mass is 701 g/mol. The minimum Gasteiger partial charge on any atom is -0.208 e. The van der Waals surface area contributed by atoms with Gasteiger partial charge in [0.15, 0.2) is 17.5 Å². The van der Waals surface area contributed by atoms with E-state index in [0.717, 1.165) is 38.6 Å². The van der Waals surface area contributed by atoms with Gasteiger partial charge in [-0.3, -0.25) is 0 Å². The van der Waals surface area contributed by atoms with E-state index in [1.54, 1.807) is 5.19 Å². The summed E-state index contributed by atoms with van der Waals surface area (Å²) in [6.07, 6.45) is 0. The van der Waals surface area contributed by atoms with Crippen LogP contribution in [0.1, 0.15) is 20.8 Å². The maximum absolute atomic E-state index is 5.10. The summed E-state index contributed by atoms with van der Waals surface area (Å²) in [5, 5.41) is 3.85. The molecule has 0 bridgehead atoms. The third-order valence-corrected chi connectivity index (χ3v) is 16.7. The largest absolute Gasteiger partial charge is 0.208 e. The number of rotatable bonds is 10. The van der Waals surface area contributed by atoms with E-state index >= 15 is 0 Å². The summed E-state index contributed by atoms with van der Waals surface area (Å²) in [6, 6.07) is 64.5. The zero-order valence-electron chi connectivity index (χ0n) is 30.6. The second-order valence-electron chi connectivity index (χ2n) is 13.9. The Morgan fingerprint density at radius 2 is 0.792 bits per heavy atom. The van der Waals surface area contributed by atoms with Gasteiger partial charge in [0.05, 0.1) is 8.07 Å². The molecular weight excluding hydrogens is 659 g/mol. The van der Waals surface area contributed by atoms with Crippen LogP contribution in [0, 0.1) is 0 Å². The van der Waals surface area contributed by atoms with Gasteiger partial charge in [0.2, 0.25) is 0 Å². The van der Waals surface area contributed by atoms with Gasteiger partial charge in [-0.1, -0.05) is 196 Å². The average molecular weight is 702 g/mol. The van der Waals surface area contributed by atoms with Crippen LogP contribution >= 0.6 is 0 Å². The van der Waals surface area contributed by atoms with Crippen LogP contribution in [0.5, 0.6) is 0 Å². The van der Waals surface area contributed by atoms with Crippen LogP contribution < -0.4 is 5.19 Å². The second kappa shape index (κ2) is 14.9. The number of hydrogen-bond acceptors (Lipinski definition) is 3. The molecule has 0 fully saturated rings. The zero-order valence-corrected chi connectivity index (χ0v) is 31.6. The minimum absolute atomic E-state index is 0.648. The molecule has 8 aromatic rings. The summed E-state index contributed by atoms with van der Waals surface area (Å²) in [4.78, 5) is 15.1. The first-order valence-corrected chi connectivity index (χ1v) is 21.4. The van der Waals surface area contributed by atoms with Crippen LogP contribution in [0.15, 0.2) is 170 Å². The van der Waals surface area contributed by atoms with E-state index in [0.29, 0.717) is 17.5 Å². The summed E-state index contributed by atoms with van der Waals surface area (Å²) in [6.45, 7) is 7.12. The number of aromatic nitrogens is 3. The van der Waals surface area contributed by atoms with Crippen molar-refractivity contribution in [2.24, 2.45) is 0 Å². The highest BCUT2D eigenvalue weighted by Crippen LogP contribution is 2.33. The highest BCUT2D eigenvalue weighted by Gasteiger charge is 2.28. The van der Waals surface area contributed by atoms with Gasteiger partial charge in [-0.15, -0.1) is 0 Å². The molecule has 0 aliphatic rings. The second-order valence-corrected chi connectivity index (χ2v) is 19.1. The van der Waals surface area contributed by atoms with Gasteiger partial charge in [-0.25, -0.2) is 15.0 Å². The Balaban J connectivity index is 1.14. The Bertz CT molecular complexity index is 2510. The molecule has 1 aromatic heterocycles. The maximum atomic E-state index is 5.10. The van der Waals surface area contributed by atoms with Crippen molar-refractivity contribution in [3.05, 3.63) is 170 Å². The number of nitrogens with zero attached hydrogens (tertiary/aromatic N) is 3. The predicted octanol–water partition coefficient (Wildman–Crippen LogP) is 12.7. The number of fused-ring (bicyclic) bond motifs is 1. The van der Waals surface area contributed by atoms with Crippen LogP contribution in [0.2, 0.25) is 18.1 Å². The van der Waals surface area contributed by atoms with Gasteiger partial charge in [0.25, 0.3) is 0 Å². The van der Waals surface area contributed by atoms with Gasteiger partial charge in [-0.05, 0) is 62.4 Å². The van der Waals surface area contributed by atoms with Crippen molar-refractivity contribution in [2.75, 3.05) is 0 Å². The summed E-state index contributed by atoms with van der Waals surface area (Å²) in [5.41, 5.74) is 10.0. The minimum atomic E-state index is -1.40. The van der Waals surface area contributed by atoms with Crippen LogP contribution in [-0.4, -0.2) is 23.0 Å². The zero-order chi connectivity index (χ0) is 36.2. The Kier molecular flexibility index (Phi) is 9.62. The first-order valence-electron chi connectivity index (χ1n) is 18.8. The van der Waals surface area contributed by atoms with E-state index in [2.05, 4.69) is 172 Å². The molecule has 4 heteroatoms. The summed E-state index contributed by atoms with van der Waals surface area (Å²) < 4.78 is 0. The molecule has 53 heavy (non-hydrogen) atoms. The van der Waals surface area contributed by atoms with Crippen LogP contribution in [0.25, 0.3) is 78.3 Å². The fourth-order valence-corrected chi connectivity index (χ4v) is 11.3. The Morgan fingerprint density at radius 1 is 0.358 bits per heavy atom. The van der Waals surface area contributed by atoms with Crippen molar-refractivity contribution in [1.29, 1.82) is 0 Å². The number of hydrogen-bond donors (Lipinski definition) is 0. The van der Waals surface area contributed by atoms with E-state index in [9.17, 15) is 0 Å². The molecule has 0 saturated carbocycles. The molecule has 0 amide bonds. The molecule has 0 saturated heterocycles. The third kappa shape index (κ3) is 6.86. The number of benzene rings is 7. The third-order valence-electron chi connectivity index (χ3n) is 11.1. The van der Waals surface area contributed by atoms with Crippen molar-refractivity contribution in [3.63, 3.8) is 0 Å². The lowest BCUT2D eigenvalue weighted by molar-refractivity contribution is 1.08. The lowest BCUT2D eigenvalue weighted by atomic mass is 9.95. The van der Waals surface area contributed by atoms with Crippen molar-refractivity contribution >= 4 is 24.0 Å². The van der Waals surface area contributed by atoms with Crippen LogP contribution in [-0.2, 0) is 0 Å². The normalized spacial score (nSPS) is 11.5. The summed E-state index contributed by atoms with van der Waals surface area (Å²) in [7, 11) is -1.40. The molecule has 0 aliphatic heterocycles. The molecule has 8 rings (SSSR count). The van der Waals surface area contributed by atoms with Crippen molar-refractivity contribution in [3.8, 4) is 67.5 Å². The van der Waals surface area contributed by atoms with Crippen molar-refractivity contribution in [1.82, 2.24) is 15.0 Å². The Labute approximate surface area is 314 Å². The van der Waals surface area contributed by atoms with Crippen molar-refractivity contribution in [2.45, 2.75) is 38.9 Å². The lowest BCUT2D eigenvalue weighted by Gasteiger charge is -2.28. The van der Waals surface area contributed by atoms with Crippen LogP contribution in [0.3, 0.4) is 0 Å². The topological polar surface area (TPSA) is 38.7 Å². The van der Waals surface area contributed by atoms with E-state index in [1.165, 1.54) is 40.4 Å². The smallest absolute Gasteiger partial charge is 0.164 e. The van der Waals surface area contributed by atoms with E-state index in [-0.39, 0.29) is 0 Å². The fourth-order valence-electron chi connectivity index (χ4n) is 7.74. The Morgan fingerprint density at radius 3 is 1.40 bits per heavy atom. The fraction of sp³-hybridized carbons (Fsp3) is 0.122. The molecule has 258 valence electrons. The Hall–Kier alpha value is -5.97. The molecular formula is C49H43N3Si. The molecule has 0 aliphatic carbocycles. The SMILES string of the molecule is CC[Si](CC)(CC)c1ccc(-c2cccc(-c3cccc(-c4cccc(-c5nc(-c6ccccc6)nc(-c6cccc7ccccc67)n5)c4)c3)c2)cc1. The highest BCUT2D eigenvalue weighted by atomic mass is 28.3.